The number of carbonyl (C=O) groups is 3. The highest BCUT2D eigenvalue weighted by Gasteiger charge is 2.22. The summed E-state index contributed by atoms with van der Waals surface area (Å²) in [6.45, 7) is 6.40. The van der Waals surface area contributed by atoms with Gasteiger partial charge >= 0.3 is 11.9 Å². The summed E-state index contributed by atoms with van der Waals surface area (Å²) in [5, 5.41) is 28.9. The molecule has 0 atom stereocenters. The van der Waals surface area contributed by atoms with Gasteiger partial charge in [-0.25, -0.2) is 32.5 Å². The van der Waals surface area contributed by atoms with Gasteiger partial charge in [-0.1, -0.05) is 203 Å². The number of carbonyl (C=O) groups excluding carboxylic acids is 3. The van der Waals surface area contributed by atoms with Gasteiger partial charge in [0.1, 0.15) is 6.61 Å². The fourth-order valence-electron chi connectivity index (χ4n) is 14.8. The zero-order chi connectivity index (χ0) is 88.8. The number of hydrogen-bond donors (Lipinski definition) is 5. The molecular formula is C98H90Cl8N6O11S. The highest BCUT2D eigenvalue weighted by atomic mass is 35.5. The summed E-state index contributed by atoms with van der Waals surface area (Å²) < 4.78 is 42.0. The highest BCUT2D eigenvalue weighted by Crippen LogP contribution is 2.36. The number of H-pyrrole nitrogens is 2. The molecule has 11 aromatic carbocycles. The molecule has 640 valence electrons. The number of hydrogen-bond acceptors (Lipinski definition) is 11. The number of sulfonamides is 1. The summed E-state index contributed by atoms with van der Waals surface area (Å²) >= 11 is 49.0. The maximum atomic E-state index is 12.5. The molecule has 0 aliphatic rings. The quantitative estimate of drug-likeness (QED) is 0.0186. The van der Waals surface area contributed by atoms with Gasteiger partial charge in [0.25, 0.3) is 5.91 Å². The predicted octanol–water partition coefficient (Wildman–Crippen LogP) is 24.8. The van der Waals surface area contributed by atoms with Crippen LogP contribution in [-0.2, 0) is 89.1 Å². The minimum absolute atomic E-state index is 0.0663. The highest BCUT2D eigenvalue weighted by molar-refractivity contribution is 7.90. The predicted molar refractivity (Wildman–Crippen MR) is 504 cm³/mol. The Kier molecular flexibility index (Phi) is 31.5. The van der Waals surface area contributed by atoms with E-state index in [2.05, 4.69) is 97.9 Å². The second kappa shape index (κ2) is 42.1. The van der Waals surface area contributed by atoms with Gasteiger partial charge in [-0.05, 0) is 220 Å². The number of aryl methyl sites for hydroxylation is 5. The maximum Gasteiger partial charge on any atom is 0.337 e. The second-order valence-electron chi connectivity index (χ2n) is 29.9. The molecular weight excluding hydrogens is 1750 g/mol. The van der Waals surface area contributed by atoms with Gasteiger partial charge in [0.2, 0.25) is 10.0 Å². The Morgan fingerprint density at radius 3 is 1.35 bits per heavy atom. The van der Waals surface area contributed by atoms with Crippen molar-refractivity contribution in [3.63, 3.8) is 0 Å². The van der Waals surface area contributed by atoms with Crippen molar-refractivity contribution in [3.05, 3.63) is 372 Å². The second-order valence-corrected chi connectivity index (χ2v) is 35.1. The Balaban J connectivity index is 0.000000142. The van der Waals surface area contributed by atoms with Crippen molar-refractivity contribution in [2.24, 2.45) is 21.1 Å². The van der Waals surface area contributed by atoms with Gasteiger partial charge in [-0.3, -0.25) is 4.79 Å². The largest absolute Gasteiger partial charge is 0.465 e. The summed E-state index contributed by atoms with van der Waals surface area (Å²) in [6, 6.07) is 69.0. The van der Waals surface area contributed by atoms with Crippen LogP contribution in [0.15, 0.2) is 237 Å². The number of amides is 1. The van der Waals surface area contributed by atoms with Crippen molar-refractivity contribution >= 4 is 175 Å². The first-order chi connectivity index (χ1) is 59.4. The summed E-state index contributed by atoms with van der Waals surface area (Å²) in [4.78, 5) is 52.5. The number of methoxy groups -OCH3 is 2. The number of rotatable bonds is 22. The van der Waals surface area contributed by atoms with E-state index in [1.165, 1.54) is 60.0 Å². The summed E-state index contributed by atoms with van der Waals surface area (Å²) in [6.07, 6.45) is 9.39. The SMILES string of the molecule is CCCCS(=O)(=O)NC(=O)c1ccc2c(c1)c(Cc1ccc(Cl)cc1Cl)cn2C.COC(=O)c1ccc2[nH]c(C)c(Cc3ccc(-c4ccccc4)cc3)c2c1.COC(=O)c1ccc2c(Cc3ccc(Cl)cc3Cl)c(C)[nH]c2c1.COOCc1ccc2c(c1)c(Cc1ccc(Cl)cc1Cl)cn2C.Cn1cc(Cc2ccc(Cl)cc2Cl)c2cc(C(O)O)ccc21. The molecule has 0 radical (unpaired) electrons. The van der Waals surface area contributed by atoms with E-state index in [4.69, 9.17) is 107 Å². The molecule has 0 fully saturated rings. The molecule has 1 amide bonds. The lowest BCUT2D eigenvalue weighted by molar-refractivity contribution is -0.282. The molecule has 5 aromatic heterocycles. The topological polar surface area (TPSA) is 221 Å². The van der Waals surface area contributed by atoms with Crippen molar-refractivity contribution < 1.29 is 52.3 Å². The average Bonchev–Trinajstić information content (AvgIpc) is 1.65. The van der Waals surface area contributed by atoms with E-state index in [9.17, 15) is 33.0 Å². The molecule has 124 heavy (non-hydrogen) atoms. The number of aromatic amines is 2. The number of unbranched alkanes of at least 4 members (excludes halogenated alkanes) is 1. The zero-order valence-electron chi connectivity index (χ0n) is 69.3. The molecule has 0 bridgehead atoms. The fourth-order valence-corrected chi connectivity index (χ4v) is 17.9. The molecule has 26 heteroatoms. The van der Waals surface area contributed by atoms with Crippen LogP contribution in [0.2, 0.25) is 40.2 Å². The average molecular weight is 1840 g/mol. The third-order valence-electron chi connectivity index (χ3n) is 21.3. The van der Waals surface area contributed by atoms with Crippen molar-refractivity contribution in [3.8, 4) is 11.1 Å². The van der Waals surface area contributed by atoms with Crippen LogP contribution in [0.25, 0.3) is 65.6 Å². The summed E-state index contributed by atoms with van der Waals surface area (Å²) in [5.41, 5.74) is 23.5. The van der Waals surface area contributed by atoms with Gasteiger partial charge in [-0.2, -0.15) is 0 Å². The fraction of sp³-hybridized carbons (Fsp3) is 0.194. The number of nitrogens with one attached hydrogen (secondary N) is 3. The van der Waals surface area contributed by atoms with E-state index in [1.807, 2.05) is 141 Å². The number of aliphatic hydroxyl groups is 2. The van der Waals surface area contributed by atoms with Crippen LogP contribution in [0.3, 0.4) is 0 Å². The molecule has 0 unspecified atom stereocenters. The number of nitrogens with zero attached hydrogens (tertiary/aromatic N) is 3. The Labute approximate surface area is 759 Å². The minimum atomic E-state index is -3.64. The number of esters is 2. The van der Waals surface area contributed by atoms with Crippen LogP contribution < -0.4 is 4.72 Å². The molecule has 0 aliphatic heterocycles. The Morgan fingerprint density at radius 1 is 0.427 bits per heavy atom. The smallest absolute Gasteiger partial charge is 0.337 e. The molecule has 16 rings (SSSR count). The van der Waals surface area contributed by atoms with Crippen molar-refractivity contribution in [1.29, 1.82) is 0 Å². The van der Waals surface area contributed by atoms with E-state index in [0.29, 0.717) is 94.7 Å². The Bertz CT molecular complexity index is 6700. The minimum Gasteiger partial charge on any atom is -0.465 e. The number of aromatic nitrogens is 5. The number of ether oxygens (including phenoxy) is 2. The van der Waals surface area contributed by atoms with E-state index >= 15 is 0 Å². The van der Waals surface area contributed by atoms with Crippen LogP contribution in [0.5, 0.6) is 0 Å². The van der Waals surface area contributed by atoms with Gasteiger partial charge in [-0.15, -0.1) is 0 Å². The number of benzene rings is 11. The number of aliphatic hydroxyl groups excluding tert-OH is 1. The van der Waals surface area contributed by atoms with E-state index in [-0.39, 0.29) is 17.7 Å². The number of fused-ring (bicyclic) bond motifs is 5. The van der Waals surface area contributed by atoms with Gasteiger partial charge in [0.15, 0.2) is 6.29 Å². The lowest BCUT2D eigenvalue weighted by Crippen LogP contribution is -2.32. The first kappa shape index (κ1) is 92.8. The maximum absolute atomic E-state index is 12.5. The Hall–Kier alpha value is -10.4. The normalized spacial score (nSPS) is 11.3. The van der Waals surface area contributed by atoms with Crippen LogP contribution >= 0.6 is 92.8 Å². The third kappa shape index (κ3) is 23.2. The van der Waals surface area contributed by atoms with Gasteiger partial charge < -0.3 is 43.4 Å². The summed E-state index contributed by atoms with van der Waals surface area (Å²) in [5.74, 6) is -1.35. The third-order valence-corrected chi connectivity index (χ3v) is 25.0. The van der Waals surface area contributed by atoms with E-state index in [0.717, 1.165) is 119 Å². The monoisotopic (exact) mass is 1840 g/mol. The van der Waals surface area contributed by atoms with Crippen LogP contribution in [0.1, 0.15) is 135 Å². The van der Waals surface area contributed by atoms with Crippen LogP contribution in [0.4, 0.5) is 0 Å². The standard InChI is InChI=1S/C24H21NO2.C21H22Cl2N2O3S.C18H17Cl2NO2.C18H15Cl2NO2.C17H15Cl2NO2/c1-16-21(22-15-20(24(26)27-2)12-13-23(22)25-16)14-17-8-10-19(11-9-17)18-6-4-3-5-7-18;1-3-4-9-29(27,28)24-21(26)15-6-8-20-18(11-15)16(13-25(20)2)10-14-5-7-17(22)12-19(14)23;1-21-10-14(8-13-4-5-15(19)9-17(13)20)16-7-12(11-23-22-2)3-6-18(16)21;1-10-15(7-11-3-5-13(19)9-16(11)20)14-6-4-12(18(22)23-2)8-17(14)21-10;1-20-9-12(6-10-2-4-13(18)8-15(10)19)14-7-11(17(21)22)3-5-16(14)20/h3-13,15,25H,14H2,1-2H3;5-8,11-13H,3-4,9-10H2,1-2H3,(H,24,26);3-7,9-10H,8,11H2,1-2H3;3-6,8-9,21H,7H2,1-2H3;2-5,7-9,17,21-22H,6H2,1H3. The molecule has 17 nitrogen and oxygen atoms in total. The summed E-state index contributed by atoms with van der Waals surface area (Å²) in [7, 11) is 6.57. The first-order valence-electron chi connectivity index (χ1n) is 39.5. The molecule has 0 aliphatic carbocycles. The van der Waals surface area contributed by atoms with Crippen LogP contribution in [-0.4, -0.2) is 87.2 Å². The first-order valence-corrected chi connectivity index (χ1v) is 44.1. The molecule has 5 N–H and O–H groups in total. The van der Waals surface area contributed by atoms with Crippen LogP contribution in [0, 0.1) is 13.8 Å². The van der Waals surface area contributed by atoms with Crippen molar-refractivity contribution in [1.82, 2.24) is 28.4 Å². The lowest BCUT2D eigenvalue weighted by atomic mass is 9.98. The lowest BCUT2D eigenvalue weighted by Gasteiger charge is -2.08. The molecule has 5 heterocycles. The molecule has 0 saturated carbocycles. The molecule has 16 aromatic rings. The van der Waals surface area contributed by atoms with Crippen molar-refractivity contribution in [2.75, 3.05) is 27.1 Å². The number of halogens is 8. The molecule has 0 spiro atoms. The zero-order valence-corrected chi connectivity index (χ0v) is 76.2. The Morgan fingerprint density at radius 2 is 0.855 bits per heavy atom. The van der Waals surface area contributed by atoms with E-state index < -0.39 is 22.2 Å². The van der Waals surface area contributed by atoms with E-state index in [1.54, 1.807) is 72.8 Å². The van der Waals surface area contributed by atoms with Crippen molar-refractivity contribution in [2.45, 2.75) is 78.6 Å². The molecule has 0 saturated heterocycles. The van der Waals surface area contributed by atoms with Gasteiger partial charge in [0, 0.05) is 183 Å². The van der Waals surface area contributed by atoms with Gasteiger partial charge in [0.05, 0.1) is 38.2 Å².